The molecule has 1 N–H and O–H groups in total. The third kappa shape index (κ3) is 4.92. The Morgan fingerprint density at radius 3 is 2.69 bits per heavy atom. The van der Waals surface area contributed by atoms with Crippen molar-refractivity contribution in [3.05, 3.63) is 0 Å². The molecule has 0 aromatic carbocycles. The van der Waals surface area contributed by atoms with E-state index in [0.717, 1.165) is 11.8 Å². The second-order valence-corrected chi connectivity index (χ2v) is 5.43. The lowest BCUT2D eigenvalue weighted by Gasteiger charge is -2.13. The van der Waals surface area contributed by atoms with Crippen LogP contribution in [0.5, 0.6) is 0 Å². The molecular weight excluding hydrogens is 178 g/mol. The molecule has 1 unspecified atom stereocenters. The normalized spacial score (nSPS) is 20.8. The minimum Gasteiger partial charge on any atom is -0.315 e. The minimum atomic E-state index is 0.707. The van der Waals surface area contributed by atoms with Crippen LogP contribution in [-0.4, -0.2) is 23.6 Å². The summed E-state index contributed by atoms with van der Waals surface area (Å²) in [6.07, 6.45) is 7.22. The van der Waals surface area contributed by atoms with Gasteiger partial charge in [0.25, 0.3) is 0 Å². The number of hydrogen-bond acceptors (Lipinski definition) is 2. The molecule has 0 spiro atoms. The number of thioether (sulfide) groups is 1. The van der Waals surface area contributed by atoms with E-state index in [-0.39, 0.29) is 0 Å². The van der Waals surface area contributed by atoms with Crippen molar-refractivity contribution in [2.24, 2.45) is 0 Å². The second kappa shape index (κ2) is 6.72. The fourth-order valence-electron chi connectivity index (χ4n) is 1.92. The first-order chi connectivity index (χ1) is 6.33. The van der Waals surface area contributed by atoms with E-state index >= 15 is 0 Å². The highest BCUT2D eigenvalue weighted by atomic mass is 32.2. The van der Waals surface area contributed by atoms with Gasteiger partial charge in [0.1, 0.15) is 0 Å². The monoisotopic (exact) mass is 201 g/mol. The summed E-state index contributed by atoms with van der Waals surface area (Å²) in [4.78, 5) is 0. The Labute approximate surface area is 87.1 Å². The molecule has 1 saturated carbocycles. The van der Waals surface area contributed by atoms with Gasteiger partial charge in [-0.1, -0.05) is 19.8 Å². The van der Waals surface area contributed by atoms with Crippen molar-refractivity contribution in [2.45, 2.75) is 57.2 Å². The van der Waals surface area contributed by atoms with Crippen molar-refractivity contribution in [3.8, 4) is 0 Å². The van der Waals surface area contributed by atoms with Gasteiger partial charge in [-0.2, -0.15) is 11.8 Å². The third-order valence-electron chi connectivity index (χ3n) is 2.76. The maximum Gasteiger partial charge on any atom is 0.00470 e. The van der Waals surface area contributed by atoms with Crippen LogP contribution < -0.4 is 5.32 Å². The van der Waals surface area contributed by atoms with Crippen molar-refractivity contribution in [1.82, 2.24) is 5.32 Å². The lowest BCUT2D eigenvalue weighted by molar-refractivity contribution is 0.556. The quantitative estimate of drug-likeness (QED) is 0.709. The molecule has 1 aliphatic rings. The lowest BCUT2D eigenvalue weighted by Crippen LogP contribution is -2.26. The average Bonchev–Trinajstić information content (AvgIpc) is 2.57. The van der Waals surface area contributed by atoms with E-state index in [4.69, 9.17) is 0 Å². The molecule has 1 nitrogen and oxygen atoms in total. The minimum absolute atomic E-state index is 0.707. The molecule has 0 aromatic heterocycles. The van der Waals surface area contributed by atoms with Crippen LogP contribution in [0.15, 0.2) is 0 Å². The molecule has 0 radical (unpaired) electrons. The number of hydrogen-bond donors (Lipinski definition) is 1. The van der Waals surface area contributed by atoms with Crippen LogP contribution in [-0.2, 0) is 0 Å². The van der Waals surface area contributed by atoms with Crippen LogP contribution in [0, 0.1) is 0 Å². The highest BCUT2D eigenvalue weighted by molar-refractivity contribution is 7.99. The van der Waals surface area contributed by atoms with Gasteiger partial charge in [0.2, 0.25) is 0 Å². The lowest BCUT2D eigenvalue weighted by atomic mass is 10.3. The van der Waals surface area contributed by atoms with Gasteiger partial charge in [-0.25, -0.2) is 0 Å². The Bertz CT molecular complexity index is 121. The summed E-state index contributed by atoms with van der Waals surface area (Å²) in [5.41, 5.74) is 0. The zero-order chi connectivity index (χ0) is 9.52. The zero-order valence-corrected chi connectivity index (χ0v) is 9.83. The molecule has 13 heavy (non-hydrogen) atoms. The van der Waals surface area contributed by atoms with Crippen LogP contribution in [0.1, 0.15) is 46.0 Å². The van der Waals surface area contributed by atoms with Gasteiger partial charge < -0.3 is 5.32 Å². The summed E-state index contributed by atoms with van der Waals surface area (Å²) in [5, 5.41) is 4.45. The van der Waals surface area contributed by atoms with E-state index in [9.17, 15) is 0 Å². The molecule has 0 heterocycles. The summed E-state index contributed by atoms with van der Waals surface area (Å²) < 4.78 is 0. The van der Waals surface area contributed by atoms with Crippen molar-refractivity contribution < 1.29 is 0 Å². The summed E-state index contributed by atoms with van der Waals surface area (Å²) in [5.74, 6) is 1.35. The first-order valence-corrected chi connectivity index (χ1v) is 6.72. The average molecular weight is 201 g/mol. The Kier molecular flexibility index (Phi) is 5.88. The number of nitrogens with one attached hydrogen (secondary N) is 1. The van der Waals surface area contributed by atoms with Gasteiger partial charge in [0, 0.05) is 11.3 Å². The highest BCUT2D eigenvalue weighted by Crippen LogP contribution is 2.29. The zero-order valence-electron chi connectivity index (χ0n) is 9.01. The molecule has 0 saturated heterocycles. The predicted molar refractivity (Wildman–Crippen MR) is 62.5 cm³/mol. The molecule has 0 aromatic rings. The van der Waals surface area contributed by atoms with Gasteiger partial charge in [-0.3, -0.25) is 0 Å². The van der Waals surface area contributed by atoms with E-state index in [1.165, 1.54) is 37.9 Å². The first-order valence-electron chi connectivity index (χ1n) is 5.68. The van der Waals surface area contributed by atoms with Gasteiger partial charge in [0.05, 0.1) is 0 Å². The fourth-order valence-corrected chi connectivity index (χ4v) is 3.41. The van der Waals surface area contributed by atoms with Crippen molar-refractivity contribution in [3.63, 3.8) is 0 Å². The van der Waals surface area contributed by atoms with Crippen molar-refractivity contribution >= 4 is 11.8 Å². The molecule has 78 valence electrons. The van der Waals surface area contributed by atoms with E-state index in [0.29, 0.717) is 6.04 Å². The van der Waals surface area contributed by atoms with Crippen LogP contribution in [0.2, 0.25) is 0 Å². The summed E-state index contributed by atoms with van der Waals surface area (Å²) in [7, 11) is 0. The fraction of sp³-hybridized carbons (Fsp3) is 1.00. The Morgan fingerprint density at radius 1 is 1.38 bits per heavy atom. The van der Waals surface area contributed by atoms with Crippen molar-refractivity contribution in [2.75, 3.05) is 12.3 Å². The van der Waals surface area contributed by atoms with Crippen LogP contribution >= 0.6 is 11.8 Å². The van der Waals surface area contributed by atoms with Gasteiger partial charge >= 0.3 is 0 Å². The standard InChI is InChI=1S/C11H23NS/c1-3-12-10(2)8-9-13-11-6-4-5-7-11/h10-12H,3-9H2,1-2H3. The summed E-state index contributed by atoms with van der Waals surface area (Å²) in [6.45, 7) is 5.58. The van der Waals surface area contributed by atoms with Gasteiger partial charge in [-0.15, -0.1) is 0 Å². The third-order valence-corrected chi connectivity index (χ3v) is 4.17. The van der Waals surface area contributed by atoms with Crippen LogP contribution in [0.3, 0.4) is 0 Å². The molecule has 2 heteroatoms. The smallest absolute Gasteiger partial charge is 0.00470 e. The van der Waals surface area contributed by atoms with Crippen LogP contribution in [0.4, 0.5) is 0 Å². The van der Waals surface area contributed by atoms with E-state index in [1.807, 2.05) is 0 Å². The Balaban J connectivity index is 1.93. The predicted octanol–water partition coefficient (Wildman–Crippen LogP) is 3.05. The molecule has 1 aliphatic carbocycles. The Morgan fingerprint density at radius 2 is 2.08 bits per heavy atom. The molecule has 0 bridgehead atoms. The van der Waals surface area contributed by atoms with Crippen molar-refractivity contribution in [1.29, 1.82) is 0 Å². The van der Waals surface area contributed by atoms with Gasteiger partial charge in [0.15, 0.2) is 0 Å². The number of rotatable bonds is 6. The molecule has 0 amide bonds. The molecule has 1 atom stereocenters. The molecule has 1 rings (SSSR count). The largest absolute Gasteiger partial charge is 0.315 e. The van der Waals surface area contributed by atoms with E-state index in [2.05, 4.69) is 30.9 Å². The molecule has 0 aliphatic heterocycles. The summed E-state index contributed by atoms with van der Waals surface area (Å²) in [6, 6.07) is 0.707. The molecular formula is C11H23NS. The summed E-state index contributed by atoms with van der Waals surface area (Å²) >= 11 is 2.20. The Hall–Kier alpha value is 0.310. The molecule has 1 fully saturated rings. The maximum atomic E-state index is 3.46. The maximum absolute atomic E-state index is 3.46. The van der Waals surface area contributed by atoms with Crippen LogP contribution in [0.25, 0.3) is 0 Å². The van der Waals surface area contributed by atoms with E-state index in [1.54, 1.807) is 0 Å². The second-order valence-electron chi connectivity index (χ2n) is 4.02. The van der Waals surface area contributed by atoms with Gasteiger partial charge in [-0.05, 0) is 38.5 Å². The topological polar surface area (TPSA) is 12.0 Å². The van der Waals surface area contributed by atoms with E-state index < -0.39 is 0 Å². The SMILES string of the molecule is CCNC(C)CCSC1CCCC1. The first kappa shape index (κ1) is 11.4. The highest BCUT2D eigenvalue weighted by Gasteiger charge is 2.14.